The fraction of sp³-hybridized carbons (Fsp3) is 0.684. The van der Waals surface area contributed by atoms with Gasteiger partial charge in [0.15, 0.2) is 0 Å². The van der Waals surface area contributed by atoms with Gasteiger partial charge in [-0.3, -0.25) is 0 Å². The Morgan fingerprint density at radius 3 is 2.46 bits per heavy atom. The van der Waals surface area contributed by atoms with Gasteiger partial charge in [-0.2, -0.15) is 0 Å². The van der Waals surface area contributed by atoms with Crippen LogP contribution in [0.4, 0.5) is 0 Å². The second kappa shape index (κ2) is 10.0. The van der Waals surface area contributed by atoms with Crippen LogP contribution in [0.25, 0.3) is 0 Å². The fourth-order valence-electron chi connectivity index (χ4n) is 2.45. The molecule has 0 aliphatic carbocycles. The van der Waals surface area contributed by atoms with Crippen molar-refractivity contribution in [3.8, 4) is 5.88 Å². The monoisotopic (exact) mass is 384 g/mol. The zero-order valence-electron chi connectivity index (χ0n) is 16.9. The summed E-state index contributed by atoms with van der Waals surface area (Å²) in [5.41, 5.74) is 1.01. The van der Waals surface area contributed by atoms with Crippen molar-refractivity contribution < 1.29 is 18.5 Å². The van der Waals surface area contributed by atoms with E-state index in [1.54, 1.807) is 19.1 Å². The van der Waals surface area contributed by atoms with E-state index in [9.17, 15) is 9.00 Å². The van der Waals surface area contributed by atoms with Gasteiger partial charge < -0.3 is 9.47 Å². The molecule has 0 aliphatic rings. The minimum Gasteiger partial charge on any atom is -0.481 e. The smallest absolute Gasteiger partial charge is 0.339 e. The summed E-state index contributed by atoms with van der Waals surface area (Å²) in [5, 5.41) is 0. The number of esters is 1. The molecule has 2 unspecified atom stereocenters. The van der Waals surface area contributed by atoms with Gasteiger partial charge in [0, 0.05) is 18.5 Å². The van der Waals surface area contributed by atoms with Crippen molar-refractivity contribution in [1.82, 2.24) is 9.71 Å². The average molecular weight is 385 g/mol. The molecule has 2 atom stereocenters. The van der Waals surface area contributed by atoms with E-state index in [-0.39, 0.29) is 10.8 Å². The summed E-state index contributed by atoms with van der Waals surface area (Å²) in [4.78, 5) is 16.7. The second-order valence-corrected chi connectivity index (χ2v) is 9.60. The number of nitrogens with zero attached hydrogens (tertiary/aromatic N) is 1. The number of nitrogens with one attached hydrogen (secondary N) is 1. The Kier molecular flexibility index (Phi) is 8.70. The van der Waals surface area contributed by atoms with Crippen LogP contribution in [0, 0.1) is 5.92 Å². The Balaban J connectivity index is 3.14. The largest absolute Gasteiger partial charge is 0.481 e. The molecule has 1 heterocycles. The molecular formula is C19H32N2O4S. The molecule has 26 heavy (non-hydrogen) atoms. The summed E-state index contributed by atoms with van der Waals surface area (Å²) in [7, 11) is 0.326. The van der Waals surface area contributed by atoms with E-state index in [1.807, 2.05) is 20.8 Å². The van der Waals surface area contributed by atoms with Gasteiger partial charge in [0.05, 0.1) is 40.7 Å². The summed E-state index contributed by atoms with van der Waals surface area (Å²) in [6, 6.07) is 3.24. The molecule has 0 fully saturated rings. The number of carbonyl (C=O) groups excluding carboxylic acids is 1. The Hall–Kier alpha value is -1.47. The number of ether oxygens (including phenoxy) is 2. The quantitative estimate of drug-likeness (QED) is 0.661. The molecular weight excluding hydrogens is 352 g/mol. The molecule has 0 amide bonds. The van der Waals surface area contributed by atoms with Crippen LogP contribution in [-0.4, -0.2) is 39.7 Å². The lowest BCUT2D eigenvalue weighted by atomic mass is 9.98. The molecule has 0 aromatic carbocycles. The average Bonchev–Trinajstić information content (AvgIpc) is 2.53. The van der Waals surface area contributed by atoms with Crippen molar-refractivity contribution in [2.24, 2.45) is 5.92 Å². The molecule has 1 aromatic heterocycles. The van der Waals surface area contributed by atoms with Crippen molar-refractivity contribution >= 4 is 17.0 Å². The number of hydrogen-bond donors (Lipinski definition) is 1. The van der Waals surface area contributed by atoms with E-state index in [2.05, 4.69) is 23.6 Å². The van der Waals surface area contributed by atoms with Crippen LogP contribution in [0.3, 0.4) is 0 Å². The molecule has 0 spiro atoms. The van der Waals surface area contributed by atoms with Crippen LogP contribution in [-0.2, 0) is 22.1 Å². The normalized spacial score (nSPS) is 14.2. The van der Waals surface area contributed by atoms with Crippen LogP contribution in [0.15, 0.2) is 12.1 Å². The first-order chi connectivity index (χ1) is 12.1. The lowest BCUT2D eigenvalue weighted by Gasteiger charge is -2.25. The number of hydrogen-bond acceptors (Lipinski definition) is 5. The highest BCUT2D eigenvalue weighted by Gasteiger charge is 2.25. The molecule has 148 valence electrons. The number of carbonyl (C=O) groups is 1. The third-order valence-corrected chi connectivity index (χ3v) is 5.34. The molecule has 0 bridgehead atoms. The van der Waals surface area contributed by atoms with Crippen molar-refractivity contribution in [2.45, 2.75) is 65.2 Å². The van der Waals surface area contributed by atoms with Gasteiger partial charge in [-0.05, 0) is 46.1 Å². The highest BCUT2D eigenvalue weighted by molar-refractivity contribution is 7.84. The lowest BCUT2D eigenvalue weighted by Crippen LogP contribution is -2.41. The lowest BCUT2D eigenvalue weighted by molar-refractivity contribution is 0.0524. The van der Waals surface area contributed by atoms with Gasteiger partial charge in [0.1, 0.15) is 0 Å². The molecule has 7 heteroatoms. The maximum atomic E-state index is 12.6. The van der Waals surface area contributed by atoms with Crippen molar-refractivity contribution in [3.05, 3.63) is 23.4 Å². The molecule has 0 radical (unpaired) electrons. The number of methoxy groups -OCH3 is 1. The molecule has 0 aliphatic heterocycles. The second-order valence-electron chi connectivity index (χ2n) is 7.60. The molecule has 0 saturated carbocycles. The highest BCUT2D eigenvalue weighted by atomic mass is 32.2. The minimum absolute atomic E-state index is 0.0807. The fourth-order valence-corrected chi connectivity index (χ4v) is 3.28. The molecule has 1 rings (SSSR count). The van der Waals surface area contributed by atoms with E-state index < -0.39 is 17.0 Å². The summed E-state index contributed by atoms with van der Waals surface area (Å²) in [5.74, 6) is 0.437. The van der Waals surface area contributed by atoms with E-state index >= 15 is 0 Å². The van der Waals surface area contributed by atoms with Crippen LogP contribution in [0.1, 0.15) is 64.0 Å². The Bertz CT molecular complexity index is 626. The first-order valence-electron chi connectivity index (χ1n) is 8.97. The highest BCUT2D eigenvalue weighted by Crippen LogP contribution is 2.20. The Morgan fingerprint density at radius 2 is 1.96 bits per heavy atom. The third kappa shape index (κ3) is 7.03. The molecule has 1 N–H and O–H groups in total. The van der Waals surface area contributed by atoms with Gasteiger partial charge in [-0.15, -0.1) is 0 Å². The molecule has 1 aromatic rings. The van der Waals surface area contributed by atoms with Crippen molar-refractivity contribution in [2.75, 3.05) is 13.7 Å². The summed E-state index contributed by atoms with van der Waals surface area (Å²) in [6.07, 6.45) is 1.27. The predicted octanol–water partition coefficient (Wildman–Crippen LogP) is 3.28. The number of aromatic nitrogens is 1. The predicted molar refractivity (Wildman–Crippen MR) is 105 cm³/mol. The minimum atomic E-state index is -1.21. The Labute approximate surface area is 159 Å². The zero-order valence-corrected chi connectivity index (χ0v) is 17.7. The van der Waals surface area contributed by atoms with Gasteiger partial charge in [-0.25, -0.2) is 18.7 Å². The SMILES string of the molecule is CCOC(=O)c1ccc(OC)nc1CC(CC(C)C)NS(=O)C(C)(C)C. The van der Waals surface area contributed by atoms with Crippen LogP contribution < -0.4 is 9.46 Å². The van der Waals surface area contributed by atoms with Crippen molar-refractivity contribution in [3.63, 3.8) is 0 Å². The zero-order chi connectivity index (χ0) is 19.9. The van der Waals surface area contributed by atoms with E-state index in [1.165, 1.54) is 7.11 Å². The molecule has 0 saturated heterocycles. The van der Waals surface area contributed by atoms with E-state index in [4.69, 9.17) is 9.47 Å². The summed E-state index contributed by atoms with van der Waals surface area (Å²) < 4.78 is 25.7. The van der Waals surface area contributed by atoms with Crippen molar-refractivity contribution in [1.29, 1.82) is 0 Å². The number of rotatable bonds is 9. The number of pyridine rings is 1. The summed E-state index contributed by atoms with van der Waals surface area (Å²) >= 11 is 0. The van der Waals surface area contributed by atoms with E-state index in [0.29, 0.717) is 36.1 Å². The standard InChI is InChI=1S/C19H32N2O4S/c1-8-25-18(22)15-9-10-17(24-7)20-16(15)12-14(11-13(2)3)21-26(23)19(4,5)6/h9-10,13-14,21H,8,11-12H2,1-7H3. The van der Waals surface area contributed by atoms with Gasteiger partial charge in [0.25, 0.3) is 0 Å². The Morgan fingerprint density at radius 1 is 1.31 bits per heavy atom. The van der Waals surface area contributed by atoms with E-state index in [0.717, 1.165) is 6.42 Å². The van der Waals surface area contributed by atoms with Gasteiger partial charge in [0.2, 0.25) is 5.88 Å². The van der Waals surface area contributed by atoms with Gasteiger partial charge >= 0.3 is 5.97 Å². The van der Waals surface area contributed by atoms with Crippen LogP contribution >= 0.6 is 0 Å². The maximum Gasteiger partial charge on any atom is 0.339 e. The first-order valence-corrected chi connectivity index (χ1v) is 10.1. The third-order valence-electron chi connectivity index (χ3n) is 3.68. The topological polar surface area (TPSA) is 77.5 Å². The molecule has 6 nitrogen and oxygen atoms in total. The summed E-state index contributed by atoms with van der Waals surface area (Å²) in [6.45, 7) is 12.1. The maximum absolute atomic E-state index is 12.6. The van der Waals surface area contributed by atoms with Crippen LogP contribution in [0.5, 0.6) is 5.88 Å². The first kappa shape index (κ1) is 22.6. The van der Waals surface area contributed by atoms with Crippen LogP contribution in [0.2, 0.25) is 0 Å². The van der Waals surface area contributed by atoms with Gasteiger partial charge in [-0.1, -0.05) is 13.8 Å².